The first kappa shape index (κ1) is 41.1. The molecule has 0 aromatic heterocycles. The lowest BCUT2D eigenvalue weighted by atomic mass is 9.99. The number of unbranched alkanes of at least 4 members (excludes halogenated alkanes) is 15. The van der Waals surface area contributed by atoms with Crippen molar-refractivity contribution < 1.29 is 56.2 Å². The number of esters is 1. The average Bonchev–Trinajstić information content (AvgIpc) is 2.98. The second kappa shape index (κ2) is 25.2. The van der Waals surface area contributed by atoms with Gasteiger partial charge in [0.05, 0.1) is 19.8 Å². The Morgan fingerprint density at radius 2 is 1.30 bits per heavy atom. The van der Waals surface area contributed by atoms with Crippen molar-refractivity contribution in [2.24, 2.45) is 0 Å². The summed E-state index contributed by atoms with van der Waals surface area (Å²) in [6.45, 7) is 3.89. The van der Waals surface area contributed by atoms with Crippen LogP contribution in [-0.2, 0) is 38.3 Å². The molecule has 0 saturated carbocycles. The van der Waals surface area contributed by atoms with Crippen LogP contribution in [0.2, 0.25) is 0 Å². The van der Waals surface area contributed by atoms with Gasteiger partial charge < -0.3 is 34.3 Å². The van der Waals surface area contributed by atoms with E-state index in [0.717, 1.165) is 38.5 Å². The van der Waals surface area contributed by atoms with E-state index < -0.39 is 59.8 Å². The van der Waals surface area contributed by atoms with Crippen molar-refractivity contribution in [3.63, 3.8) is 0 Å². The molecule has 6 atom stereocenters. The van der Waals surface area contributed by atoms with Crippen LogP contribution in [0.4, 0.5) is 0 Å². The molecule has 44 heavy (non-hydrogen) atoms. The molecule has 0 aromatic carbocycles. The minimum Gasteiger partial charge on any atom is -0.457 e. The smallest absolute Gasteiger partial charge is 0.397 e. The van der Waals surface area contributed by atoms with Crippen LogP contribution in [0.25, 0.3) is 0 Å². The van der Waals surface area contributed by atoms with Crippen LogP contribution >= 0.6 is 0 Å². The van der Waals surface area contributed by atoms with Gasteiger partial charge in [0, 0.05) is 13.0 Å². The molecule has 0 aromatic rings. The number of hydrogen-bond acceptors (Lipinski definition) is 11. The van der Waals surface area contributed by atoms with Gasteiger partial charge in [-0.05, 0) is 12.8 Å². The first-order valence-electron chi connectivity index (χ1n) is 16.8. The van der Waals surface area contributed by atoms with Crippen molar-refractivity contribution in [2.75, 3.05) is 26.4 Å². The van der Waals surface area contributed by atoms with Crippen molar-refractivity contribution in [1.82, 2.24) is 0 Å². The first-order valence-corrected chi connectivity index (χ1v) is 18.2. The molecule has 1 aliphatic heterocycles. The molecule has 262 valence electrons. The second-order valence-corrected chi connectivity index (χ2v) is 12.8. The van der Waals surface area contributed by atoms with Crippen LogP contribution < -0.4 is 0 Å². The third-order valence-corrected chi connectivity index (χ3v) is 8.19. The molecule has 12 nitrogen and oxygen atoms in total. The Bertz CT molecular complexity index is 811. The summed E-state index contributed by atoms with van der Waals surface area (Å²) in [6.07, 6.45) is 10.4. The molecule has 1 heterocycles. The first-order chi connectivity index (χ1) is 21.1. The fourth-order valence-corrected chi connectivity index (χ4v) is 5.65. The quantitative estimate of drug-likeness (QED) is 0.0523. The van der Waals surface area contributed by atoms with Gasteiger partial charge in [-0.25, -0.2) is 4.18 Å². The molecule has 1 aliphatic rings. The summed E-state index contributed by atoms with van der Waals surface area (Å²) in [5, 5.41) is 30.3. The highest BCUT2D eigenvalue weighted by atomic mass is 32.3. The molecule has 13 heteroatoms. The molecule has 0 bridgehead atoms. The monoisotopic (exact) mass is 656 g/mol. The highest BCUT2D eigenvalue weighted by molar-refractivity contribution is 7.80. The molecule has 0 amide bonds. The van der Waals surface area contributed by atoms with Crippen molar-refractivity contribution >= 4 is 16.4 Å². The van der Waals surface area contributed by atoms with Gasteiger partial charge in [-0.3, -0.25) is 9.35 Å². The standard InChI is InChI=1S/C31H60O12S/c1-3-5-7-9-11-12-13-14-15-16-18-20-27(33)41-25(23-39-21-19-17-10-8-6-4-2)24-40-31-29(35)30(43-44(36,37)38)28(34)26(22-32)42-31/h25-26,28-32,34-35H,3-24H2,1-2H3,(H,36,37,38). The van der Waals surface area contributed by atoms with E-state index in [1.54, 1.807) is 0 Å². The fourth-order valence-electron chi connectivity index (χ4n) is 5.14. The predicted molar refractivity (Wildman–Crippen MR) is 165 cm³/mol. The number of ether oxygens (including phenoxy) is 4. The molecule has 6 unspecified atom stereocenters. The summed E-state index contributed by atoms with van der Waals surface area (Å²) in [5.74, 6) is -0.404. The zero-order valence-electron chi connectivity index (χ0n) is 27.0. The number of carbonyl (C=O) groups excluding carboxylic acids is 1. The van der Waals surface area contributed by atoms with Gasteiger partial charge in [0.2, 0.25) is 0 Å². The van der Waals surface area contributed by atoms with Crippen LogP contribution in [0.1, 0.15) is 129 Å². The molecule has 1 fully saturated rings. The van der Waals surface area contributed by atoms with E-state index in [-0.39, 0.29) is 19.6 Å². The molecule has 1 rings (SSSR count). The molecule has 0 aliphatic carbocycles. The Labute approximate surface area is 265 Å². The van der Waals surface area contributed by atoms with Gasteiger partial charge in [0.25, 0.3) is 0 Å². The number of hydrogen-bond donors (Lipinski definition) is 4. The summed E-state index contributed by atoms with van der Waals surface area (Å²) in [7, 11) is -5.04. The summed E-state index contributed by atoms with van der Waals surface area (Å²) in [6, 6.07) is 0. The van der Waals surface area contributed by atoms with Gasteiger partial charge in [0.15, 0.2) is 6.29 Å². The Hall–Kier alpha value is -0.900. The molecule has 1 saturated heterocycles. The van der Waals surface area contributed by atoms with Gasteiger partial charge in [-0.15, -0.1) is 0 Å². The van der Waals surface area contributed by atoms with Gasteiger partial charge in [0.1, 0.15) is 30.5 Å². The summed E-state index contributed by atoms with van der Waals surface area (Å²) in [4.78, 5) is 12.6. The Morgan fingerprint density at radius 3 is 1.82 bits per heavy atom. The van der Waals surface area contributed by atoms with E-state index in [1.165, 1.54) is 64.2 Å². The molecular formula is C31H60O12S. The lowest BCUT2D eigenvalue weighted by Gasteiger charge is -2.41. The fraction of sp³-hybridized carbons (Fsp3) is 0.968. The lowest BCUT2D eigenvalue weighted by molar-refractivity contribution is -0.301. The topological polar surface area (TPSA) is 178 Å². The van der Waals surface area contributed by atoms with Crippen LogP contribution in [0, 0.1) is 0 Å². The van der Waals surface area contributed by atoms with Gasteiger partial charge in [-0.2, -0.15) is 8.42 Å². The average molecular weight is 657 g/mol. The SMILES string of the molecule is CCCCCCCCCCCCCC(=O)OC(COCCCCCCCC)COC1OC(CO)C(O)C(OS(=O)(=O)O)C1O. The third-order valence-electron chi connectivity index (χ3n) is 7.73. The number of aliphatic hydroxyl groups excluding tert-OH is 3. The van der Waals surface area contributed by atoms with E-state index in [4.69, 9.17) is 23.5 Å². The normalized spacial score (nSPS) is 23.1. The highest BCUT2D eigenvalue weighted by Crippen LogP contribution is 2.26. The van der Waals surface area contributed by atoms with E-state index in [9.17, 15) is 28.5 Å². The van der Waals surface area contributed by atoms with E-state index >= 15 is 0 Å². The van der Waals surface area contributed by atoms with Crippen LogP contribution in [0.3, 0.4) is 0 Å². The predicted octanol–water partition coefficient (Wildman–Crippen LogP) is 4.62. The minimum absolute atomic E-state index is 0.0404. The van der Waals surface area contributed by atoms with Gasteiger partial charge in [-0.1, -0.05) is 110 Å². The Balaban J connectivity index is 2.56. The van der Waals surface area contributed by atoms with Crippen molar-refractivity contribution in [1.29, 1.82) is 0 Å². The third kappa shape index (κ3) is 19.6. The van der Waals surface area contributed by atoms with Crippen molar-refractivity contribution in [2.45, 2.75) is 166 Å². The molecular weight excluding hydrogens is 596 g/mol. The van der Waals surface area contributed by atoms with Crippen LogP contribution in [0.15, 0.2) is 0 Å². The number of carbonyl (C=O) groups is 1. The van der Waals surface area contributed by atoms with Crippen LogP contribution in [0.5, 0.6) is 0 Å². The van der Waals surface area contributed by atoms with Crippen molar-refractivity contribution in [3.8, 4) is 0 Å². The minimum atomic E-state index is -5.04. The van der Waals surface area contributed by atoms with E-state index in [1.807, 2.05) is 0 Å². The maximum atomic E-state index is 12.6. The number of rotatable bonds is 28. The molecule has 4 N–H and O–H groups in total. The van der Waals surface area contributed by atoms with Crippen LogP contribution in [-0.4, -0.2) is 97.5 Å². The van der Waals surface area contributed by atoms with Gasteiger partial charge >= 0.3 is 16.4 Å². The zero-order valence-corrected chi connectivity index (χ0v) is 27.8. The zero-order chi connectivity index (χ0) is 32.6. The highest BCUT2D eigenvalue weighted by Gasteiger charge is 2.48. The maximum absolute atomic E-state index is 12.6. The largest absolute Gasteiger partial charge is 0.457 e. The molecule has 0 radical (unpaired) electrons. The maximum Gasteiger partial charge on any atom is 0.397 e. The van der Waals surface area contributed by atoms with E-state index in [0.29, 0.717) is 13.0 Å². The Morgan fingerprint density at radius 1 is 0.773 bits per heavy atom. The second-order valence-electron chi connectivity index (χ2n) is 11.8. The number of aliphatic hydroxyl groups is 3. The Kier molecular flexibility index (Phi) is 23.6. The summed E-state index contributed by atoms with van der Waals surface area (Å²) in [5.41, 5.74) is 0. The summed E-state index contributed by atoms with van der Waals surface area (Å²) >= 11 is 0. The lowest BCUT2D eigenvalue weighted by Crippen LogP contribution is -2.60. The van der Waals surface area contributed by atoms with E-state index in [2.05, 4.69) is 18.0 Å². The summed E-state index contributed by atoms with van der Waals surface area (Å²) < 4.78 is 58.3. The van der Waals surface area contributed by atoms with Crippen molar-refractivity contribution in [3.05, 3.63) is 0 Å². The molecule has 0 spiro atoms.